The molecule has 2 rings (SSSR count). The maximum absolute atomic E-state index is 11.7. The number of hydrogen-bond donors (Lipinski definition) is 1. The monoisotopic (exact) mass is 254 g/mol. The quantitative estimate of drug-likeness (QED) is 0.619. The zero-order chi connectivity index (χ0) is 12.4. The van der Waals surface area contributed by atoms with Crippen molar-refractivity contribution >= 4 is 17.6 Å². The molecule has 0 saturated heterocycles. The van der Waals surface area contributed by atoms with Crippen molar-refractivity contribution in [1.29, 1.82) is 0 Å². The van der Waals surface area contributed by atoms with E-state index < -0.39 is 5.97 Å². The summed E-state index contributed by atoms with van der Waals surface area (Å²) in [6.45, 7) is 0. The van der Waals surface area contributed by atoms with Gasteiger partial charge in [0.05, 0.1) is 12.1 Å². The van der Waals surface area contributed by atoms with E-state index in [1.54, 1.807) is 6.07 Å². The molecule has 92 valence electrons. The molecule has 1 N–H and O–H groups in total. The second-order valence-electron chi connectivity index (χ2n) is 4.27. The molecule has 0 unspecified atom stereocenters. The van der Waals surface area contributed by atoms with E-state index in [1.807, 2.05) is 0 Å². The van der Waals surface area contributed by atoms with Crippen LogP contribution < -0.4 is 0 Å². The molecule has 0 bridgehead atoms. The summed E-state index contributed by atoms with van der Waals surface area (Å²) < 4.78 is 4.72. The molecule has 17 heavy (non-hydrogen) atoms. The number of benzene rings is 1. The summed E-state index contributed by atoms with van der Waals surface area (Å²) in [7, 11) is 1.31. The zero-order valence-electron chi connectivity index (χ0n) is 9.75. The van der Waals surface area contributed by atoms with Crippen molar-refractivity contribution in [3.63, 3.8) is 0 Å². The van der Waals surface area contributed by atoms with E-state index in [4.69, 9.17) is 16.3 Å². The van der Waals surface area contributed by atoms with Crippen LogP contribution in [0.25, 0.3) is 0 Å². The lowest BCUT2D eigenvalue weighted by Gasteiger charge is -2.14. The highest BCUT2D eigenvalue weighted by Crippen LogP contribution is 2.36. The van der Waals surface area contributed by atoms with Crippen molar-refractivity contribution < 1.29 is 14.6 Å². The number of methoxy groups -OCH3 is 1. The van der Waals surface area contributed by atoms with Crippen molar-refractivity contribution in [2.45, 2.75) is 32.1 Å². The molecule has 0 aromatic heterocycles. The van der Waals surface area contributed by atoms with Gasteiger partial charge in [0, 0.05) is 0 Å². The van der Waals surface area contributed by atoms with Gasteiger partial charge in [0.15, 0.2) is 0 Å². The maximum atomic E-state index is 11.7. The Hall–Kier alpha value is -1.22. The molecule has 1 aromatic carbocycles. The van der Waals surface area contributed by atoms with Crippen molar-refractivity contribution in [1.82, 2.24) is 0 Å². The number of phenolic OH excluding ortho intramolecular Hbond substituents is 1. The number of aryl methyl sites for hydroxylation is 1. The standard InChI is InChI=1S/C13H15ClO3/c1-17-13(16)11-9-6-4-2-3-5-8(9)7-10(14)12(11)15/h7,15H,2-6H2,1H3. The molecule has 1 aliphatic carbocycles. The third-order valence-corrected chi connectivity index (χ3v) is 3.50. The van der Waals surface area contributed by atoms with E-state index in [0.717, 1.165) is 43.2 Å². The highest BCUT2D eigenvalue weighted by molar-refractivity contribution is 6.32. The van der Waals surface area contributed by atoms with Gasteiger partial charge in [-0.15, -0.1) is 0 Å². The highest BCUT2D eigenvalue weighted by atomic mass is 35.5. The molecule has 1 aromatic rings. The lowest BCUT2D eigenvalue weighted by atomic mass is 9.96. The largest absolute Gasteiger partial charge is 0.505 e. The Morgan fingerprint density at radius 2 is 2.06 bits per heavy atom. The Kier molecular flexibility index (Phi) is 3.57. The lowest BCUT2D eigenvalue weighted by Crippen LogP contribution is -2.08. The predicted octanol–water partition coefficient (Wildman–Crippen LogP) is 3.10. The molecule has 0 atom stereocenters. The zero-order valence-corrected chi connectivity index (χ0v) is 10.5. The average molecular weight is 255 g/mol. The van der Waals surface area contributed by atoms with Crippen molar-refractivity contribution in [3.05, 3.63) is 27.8 Å². The van der Waals surface area contributed by atoms with Crippen LogP contribution in [-0.4, -0.2) is 18.2 Å². The molecular weight excluding hydrogens is 240 g/mol. The third-order valence-electron chi connectivity index (χ3n) is 3.22. The number of ether oxygens (including phenoxy) is 1. The van der Waals surface area contributed by atoms with E-state index in [9.17, 15) is 9.90 Å². The molecular formula is C13H15ClO3. The fourth-order valence-electron chi connectivity index (χ4n) is 2.36. The van der Waals surface area contributed by atoms with Crippen LogP contribution in [0.3, 0.4) is 0 Å². The summed E-state index contributed by atoms with van der Waals surface area (Å²) >= 11 is 5.95. The number of phenols is 1. The van der Waals surface area contributed by atoms with Crippen molar-refractivity contribution in [2.24, 2.45) is 0 Å². The minimum atomic E-state index is -0.511. The first-order valence-corrected chi connectivity index (χ1v) is 6.14. The molecule has 4 heteroatoms. The van der Waals surface area contributed by atoms with Crippen LogP contribution in [0.2, 0.25) is 5.02 Å². The molecule has 0 spiro atoms. The van der Waals surface area contributed by atoms with Gasteiger partial charge >= 0.3 is 5.97 Å². The summed E-state index contributed by atoms with van der Waals surface area (Å²) in [4.78, 5) is 11.7. The third kappa shape index (κ3) is 2.25. The van der Waals surface area contributed by atoms with Crippen LogP contribution >= 0.6 is 11.6 Å². The van der Waals surface area contributed by atoms with Gasteiger partial charge in [-0.1, -0.05) is 18.0 Å². The van der Waals surface area contributed by atoms with Crippen LogP contribution in [0.15, 0.2) is 6.07 Å². The van der Waals surface area contributed by atoms with E-state index in [2.05, 4.69) is 0 Å². The van der Waals surface area contributed by atoms with Crippen LogP contribution in [0, 0.1) is 0 Å². The summed E-state index contributed by atoms with van der Waals surface area (Å²) in [6.07, 6.45) is 4.95. The molecule has 0 heterocycles. The summed E-state index contributed by atoms with van der Waals surface area (Å²) in [6, 6.07) is 1.77. The van der Waals surface area contributed by atoms with Crippen LogP contribution in [0.5, 0.6) is 5.75 Å². The Bertz CT molecular complexity index is 454. The number of carbonyl (C=O) groups is 1. The van der Waals surface area contributed by atoms with E-state index >= 15 is 0 Å². The second-order valence-corrected chi connectivity index (χ2v) is 4.68. The van der Waals surface area contributed by atoms with Crippen molar-refractivity contribution in [2.75, 3.05) is 7.11 Å². The number of rotatable bonds is 1. The van der Waals surface area contributed by atoms with Gasteiger partial charge in [0.2, 0.25) is 0 Å². The molecule has 3 nitrogen and oxygen atoms in total. The minimum Gasteiger partial charge on any atom is -0.505 e. The number of halogens is 1. The van der Waals surface area contributed by atoms with E-state index in [1.165, 1.54) is 7.11 Å². The normalized spacial score (nSPS) is 14.9. The van der Waals surface area contributed by atoms with Gasteiger partial charge in [-0.05, 0) is 42.9 Å². The average Bonchev–Trinajstić information content (AvgIpc) is 2.55. The van der Waals surface area contributed by atoms with Gasteiger partial charge < -0.3 is 9.84 Å². The fourth-order valence-corrected chi connectivity index (χ4v) is 2.58. The first-order chi connectivity index (χ1) is 8.15. The highest BCUT2D eigenvalue weighted by Gasteiger charge is 2.23. The van der Waals surface area contributed by atoms with Gasteiger partial charge in [0.1, 0.15) is 11.3 Å². The number of fused-ring (bicyclic) bond motifs is 1. The fraction of sp³-hybridized carbons (Fsp3) is 0.462. The van der Waals surface area contributed by atoms with E-state index in [0.29, 0.717) is 0 Å². The van der Waals surface area contributed by atoms with E-state index in [-0.39, 0.29) is 16.3 Å². The second kappa shape index (κ2) is 4.96. The lowest BCUT2D eigenvalue weighted by molar-refractivity contribution is 0.0596. The molecule has 1 aliphatic rings. The summed E-state index contributed by atoms with van der Waals surface area (Å²) in [5.74, 6) is -0.665. The van der Waals surface area contributed by atoms with Gasteiger partial charge in [-0.2, -0.15) is 0 Å². The Balaban J connectivity index is 2.61. The topological polar surface area (TPSA) is 46.5 Å². The minimum absolute atomic E-state index is 0.154. The maximum Gasteiger partial charge on any atom is 0.341 e. The first kappa shape index (κ1) is 12.2. The Morgan fingerprint density at radius 3 is 2.76 bits per heavy atom. The Labute approximate surface area is 105 Å². The summed E-state index contributed by atoms with van der Waals surface area (Å²) in [5.41, 5.74) is 2.21. The molecule has 0 fully saturated rings. The predicted molar refractivity (Wildman–Crippen MR) is 65.7 cm³/mol. The number of carbonyl (C=O) groups excluding carboxylic acids is 1. The molecule has 0 radical (unpaired) electrons. The molecule has 0 amide bonds. The Morgan fingerprint density at radius 1 is 1.35 bits per heavy atom. The molecule has 0 saturated carbocycles. The number of esters is 1. The van der Waals surface area contributed by atoms with Gasteiger partial charge in [0.25, 0.3) is 0 Å². The van der Waals surface area contributed by atoms with Crippen LogP contribution in [0.4, 0.5) is 0 Å². The first-order valence-electron chi connectivity index (χ1n) is 5.76. The number of aromatic hydroxyl groups is 1. The van der Waals surface area contributed by atoms with Crippen molar-refractivity contribution in [3.8, 4) is 5.75 Å². The SMILES string of the molecule is COC(=O)c1c(O)c(Cl)cc2c1CCCCC2. The summed E-state index contributed by atoms with van der Waals surface area (Å²) in [5, 5.41) is 10.1. The smallest absolute Gasteiger partial charge is 0.341 e. The van der Waals surface area contributed by atoms with Gasteiger partial charge in [-0.3, -0.25) is 0 Å². The molecule has 0 aliphatic heterocycles. The van der Waals surface area contributed by atoms with Crippen LogP contribution in [-0.2, 0) is 17.6 Å². The number of hydrogen-bond acceptors (Lipinski definition) is 3. The van der Waals surface area contributed by atoms with Crippen LogP contribution in [0.1, 0.15) is 40.7 Å². The van der Waals surface area contributed by atoms with Gasteiger partial charge in [-0.25, -0.2) is 4.79 Å².